The van der Waals surface area contributed by atoms with Crippen LogP contribution in [-0.2, 0) is 4.74 Å². The van der Waals surface area contributed by atoms with Crippen LogP contribution in [0.4, 0.5) is 0 Å². The Morgan fingerprint density at radius 1 is 1.47 bits per heavy atom. The van der Waals surface area contributed by atoms with Gasteiger partial charge in [0.1, 0.15) is 0 Å². The average molecular weight is 255 g/mol. The molecule has 2 N–H and O–H groups in total. The molecule has 0 heterocycles. The number of aliphatic hydroxyl groups excluding tert-OH is 1. The zero-order valence-corrected chi connectivity index (χ0v) is 11.5. The number of methoxy groups -OCH3 is 1. The Morgan fingerprint density at radius 2 is 2.24 bits per heavy atom. The Labute approximate surface area is 108 Å². The lowest BCUT2D eigenvalue weighted by atomic mass is 10.1. The second-order valence-corrected chi connectivity index (χ2v) is 5.10. The van der Waals surface area contributed by atoms with Crippen LogP contribution in [0.5, 0.6) is 0 Å². The molecule has 0 aliphatic heterocycles. The van der Waals surface area contributed by atoms with Gasteiger partial charge in [-0.3, -0.25) is 0 Å². The topological polar surface area (TPSA) is 41.5 Å². The lowest BCUT2D eigenvalue weighted by Gasteiger charge is -2.13. The van der Waals surface area contributed by atoms with Gasteiger partial charge in [-0.1, -0.05) is 12.1 Å². The first kappa shape index (κ1) is 14.5. The van der Waals surface area contributed by atoms with Crippen LogP contribution in [0.25, 0.3) is 0 Å². The Bertz CT molecular complexity index is 333. The third-order valence-electron chi connectivity index (χ3n) is 2.59. The molecule has 4 heteroatoms. The second kappa shape index (κ2) is 7.71. The fourth-order valence-electron chi connectivity index (χ4n) is 1.47. The number of ether oxygens (including phenoxy) is 1. The highest BCUT2D eigenvalue weighted by Crippen LogP contribution is 2.22. The van der Waals surface area contributed by atoms with Crippen LogP contribution < -0.4 is 5.32 Å². The van der Waals surface area contributed by atoms with E-state index in [0.717, 1.165) is 0 Å². The van der Waals surface area contributed by atoms with E-state index in [1.807, 2.05) is 13.1 Å². The molecule has 2 atom stereocenters. The molecule has 0 amide bonds. The summed E-state index contributed by atoms with van der Waals surface area (Å²) in [6.45, 7) is 2.52. The summed E-state index contributed by atoms with van der Waals surface area (Å²) in [5, 5.41) is 12.8. The maximum Gasteiger partial charge on any atom is 0.0867 e. The predicted octanol–water partition coefficient (Wildman–Crippen LogP) is 2.07. The van der Waals surface area contributed by atoms with E-state index in [4.69, 9.17) is 4.74 Å². The SMILES string of the molecule is CNC(C)c1cccc(SCC(O)COC)c1. The third kappa shape index (κ3) is 5.08. The molecule has 96 valence electrons. The molecule has 0 fully saturated rings. The second-order valence-electron chi connectivity index (χ2n) is 4.00. The predicted molar refractivity (Wildman–Crippen MR) is 72.5 cm³/mol. The number of aliphatic hydroxyl groups is 1. The molecule has 0 saturated carbocycles. The maximum atomic E-state index is 9.58. The molecule has 2 unspecified atom stereocenters. The van der Waals surface area contributed by atoms with Crippen molar-refractivity contribution in [3.8, 4) is 0 Å². The molecule has 0 aromatic heterocycles. The van der Waals surface area contributed by atoms with Crippen molar-refractivity contribution in [1.29, 1.82) is 0 Å². The van der Waals surface area contributed by atoms with Crippen molar-refractivity contribution in [3.63, 3.8) is 0 Å². The Morgan fingerprint density at radius 3 is 2.88 bits per heavy atom. The van der Waals surface area contributed by atoms with E-state index in [-0.39, 0.29) is 0 Å². The van der Waals surface area contributed by atoms with Crippen LogP contribution in [0.3, 0.4) is 0 Å². The van der Waals surface area contributed by atoms with E-state index in [9.17, 15) is 5.11 Å². The number of nitrogens with one attached hydrogen (secondary N) is 1. The van der Waals surface area contributed by atoms with Gasteiger partial charge in [-0.25, -0.2) is 0 Å². The van der Waals surface area contributed by atoms with Crippen LogP contribution in [0.1, 0.15) is 18.5 Å². The molecular formula is C13H21NO2S. The largest absolute Gasteiger partial charge is 0.390 e. The van der Waals surface area contributed by atoms with Crippen LogP contribution in [0.15, 0.2) is 29.2 Å². The first-order valence-corrected chi connectivity index (χ1v) is 6.73. The molecule has 1 aromatic carbocycles. The van der Waals surface area contributed by atoms with E-state index in [0.29, 0.717) is 18.4 Å². The third-order valence-corrected chi connectivity index (χ3v) is 3.73. The minimum atomic E-state index is -0.407. The fourth-order valence-corrected chi connectivity index (χ4v) is 2.35. The Kier molecular flexibility index (Phi) is 6.58. The van der Waals surface area contributed by atoms with Gasteiger partial charge < -0.3 is 15.2 Å². The normalized spacial score (nSPS) is 14.6. The number of thioether (sulfide) groups is 1. The van der Waals surface area contributed by atoms with Gasteiger partial charge in [0.05, 0.1) is 12.7 Å². The highest BCUT2D eigenvalue weighted by atomic mass is 32.2. The molecule has 0 bridgehead atoms. The van der Waals surface area contributed by atoms with E-state index >= 15 is 0 Å². The number of hydrogen-bond donors (Lipinski definition) is 2. The minimum absolute atomic E-state index is 0.347. The first-order chi connectivity index (χ1) is 8.17. The Balaban J connectivity index is 2.54. The Hall–Kier alpha value is -0.550. The van der Waals surface area contributed by atoms with Crippen LogP contribution >= 0.6 is 11.8 Å². The summed E-state index contributed by atoms with van der Waals surface area (Å²) in [7, 11) is 3.55. The zero-order valence-electron chi connectivity index (χ0n) is 10.6. The summed E-state index contributed by atoms with van der Waals surface area (Å²) in [5.74, 6) is 0.658. The van der Waals surface area contributed by atoms with Crippen molar-refractivity contribution in [2.75, 3.05) is 26.5 Å². The van der Waals surface area contributed by atoms with Crippen LogP contribution in [0, 0.1) is 0 Å². The van der Waals surface area contributed by atoms with Crippen molar-refractivity contribution in [3.05, 3.63) is 29.8 Å². The van der Waals surface area contributed by atoms with Crippen molar-refractivity contribution in [1.82, 2.24) is 5.32 Å². The van der Waals surface area contributed by atoms with Crippen molar-refractivity contribution in [2.24, 2.45) is 0 Å². The van der Waals surface area contributed by atoms with Gasteiger partial charge >= 0.3 is 0 Å². The maximum absolute atomic E-state index is 9.58. The lowest BCUT2D eigenvalue weighted by molar-refractivity contribution is 0.0794. The molecule has 3 nitrogen and oxygen atoms in total. The molecule has 0 saturated heterocycles. The van der Waals surface area contributed by atoms with Crippen LogP contribution in [-0.4, -0.2) is 37.7 Å². The van der Waals surface area contributed by atoms with Crippen LogP contribution in [0.2, 0.25) is 0 Å². The summed E-state index contributed by atoms with van der Waals surface area (Å²) in [6.07, 6.45) is -0.407. The monoisotopic (exact) mass is 255 g/mol. The number of hydrogen-bond acceptors (Lipinski definition) is 4. The van der Waals surface area contributed by atoms with Gasteiger partial charge in [0, 0.05) is 23.8 Å². The summed E-state index contributed by atoms with van der Waals surface area (Å²) in [4.78, 5) is 1.18. The summed E-state index contributed by atoms with van der Waals surface area (Å²) in [5.41, 5.74) is 1.26. The highest BCUT2D eigenvalue weighted by Gasteiger charge is 2.06. The summed E-state index contributed by atoms with van der Waals surface area (Å²) < 4.78 is 4.90. The zero-order chi connectivity index (χ0) is 12.7. The first-order valence-electron chi connectivity index (χ1n) is 5.74. The van der Waals surface area contributed by atoms with E-state index in [1.165, 1.54) is 10.5 Å². The summed E-state index contributed by atoms with van der Waals surface area (Å²) in [6, 6.07) is 8.73. The highest BCUT2D eigenvalue weighted by molar-refractivity contribution is 7.99. The molecule has 1 aromatic rings. The molecule has 0 radical (unpaired) electrons. The van der Waals surface area contributed by atoms with E-state index in [2.05, 4.69) is 30.4 Å². The van der Waals surface area contributed by atoms with Crippen molar-refractivity contribution < 1.29 is 9.84 Å². The number of rotatable bonds is 7. The molecule has 1 rings (SSSR count). The quantitative estimate of drug-likeness (QED) is 0.732. The molecule has 0 aliphatic carbocycles. The standard InChI is InChI=1S/C13H21NO2S/c1-10(14-2)11-5-4-6-13(7-11)17-9-12(15)8-16-3/h4-7,10,12,14-15H,8-9H2,1-3H3. The smallest absolute Gasteiger partial charge is 0.0867 e. The molecular weight excluding hydrogens is 234 g/mol. The van der Waals surface area contributed by atoms with Crippen molar-refractivity contribution >= 4 is 11.8 Å². The van der Waals surface area contributed by atoms with Gasteiger partial charge in [0.25, 0.3) is 0 Å². The van der Waals surface area contributed by atoms with Gasteiger partial charge in [0.2, 0.25) is 0 Å². The van der Waals surface area contributed by atoms with Gasteiger partial charge in [-0.2, -0.15) is 0 Å². The average Bonchev–Trinajstić information content (AvgIpc) is 2.36. The van der Waals surface area contributed by atoms with Crippen molar-refractivity contribution in [2.45, 2.75) is 24.0 Å². The van der Waals surface area contributed by atoms with E-state index in [1.54, 1.807) is 18.9 Å². The molecule has 0 aliphatic rings. The molecule has 0 spiro atoms. The molecule has 17 heavy (non-hydrogen) atoms. The fraction of sp³-hybridized carbons (Fsp3) is 0.538. The van der Waals surface area contributed by atoms with Gasteiger partial charge in [-0.05, 0) is 31.7 Å². The minimum Gasteiger partial charge on any atom is -0.390 e. The summed E-state index contributed by atoms with van der Waals surface area (Å²) >= 11 is 1.65. The van der Waals surface area contributed by atoms with Gasteiger partial charge in [-0.15, -0.1) is 11.8 Å². The van der Waals surface area contributed by atoms with Gasteiger partial charge in [0.15, 0.2) is 0 Å². The van der Waals surface area contributed by atoms with E-state index < -0.39 is 6.10 Å². The number of benzene rings is 1. The lowest BCUT2D eigenvalue weighted by Crippen LogP contribution is -2.16.